The highest BCUT2D eigenvalue weighted by molar-refractivity contribution is 7.47. The zero-order chi connectivity index (χ0) is 69.7. The molecule has 0 aliphatic heterocycles. The van der Waals surface area contributed by atoms with Crippen LogP contribution in [-0.2, 0) is 32.7 Å². The normalized spacial score (nSPS) is 13.4. The molecule has 0 amide bonds. The summed E-state index contributed by atoms with van der Waals surface area (Å²) in [4.78, 5) is 36.0. The standard InChI is InChI=1S/C86H158NO8P/c1-6-8-10-12-14-16-18-20-22-24-26-28-30-32-34-36-38-40-42-43-45-47-49-51-53-55-57-59-61-63-65-67-69-71-73-75-77-79-86(89)95-84(83-94-96(90,91)93-81-80-87(3,4)5)82-92-85(88)78-76-74-72-70-68-66-64-62-60-58-56-54-52-50-48-46-44-41-39-37-35-33-31-29-27-25-23-21-19-17-15-13-11-9-7-2/h8,10,14,16,20,22,25-28,32,34,38,40,84H,6-7,9,11-13,15,17-19,21,23-24,29-31,33,35-37,39,41-83H2,1-5H3/p+1/b10-8-,16-14-,22-20-,27-25-,28-26-,34-32-,40-38-. The van der Waals surface area contributed by atoms with Gasteiger partial charge in [0, 0.05) is 12.8 Å². The van der Waals surface area contributed by atoms with E-state index in [9.17, 15) is 19.0 Å². The van der Waals surface area contributed by atoms with Gasteiger partial charge >= 0.3 is 19.8 Å². The third-order valence-electron chi connectivity index (χ3n) is 18.4. The number of allylic oxidation sites excluding steroid dienone is 14. The third kappa shape index (κ3) is 80.2. The number of ether oxygens (including phenoxy) is 2. The average molecular weight is 1370 g/mol. The van der Waals surface area contributed by atoms with Crippen molar-refractivity contribution in [2.75, 3.05) is 47.5 Å². The first kappa shape index (κ1) is 93.2. The highest BCUT2D eigenvalue weighted by Crippen LogP contribution is 2.43. The molecule has 0 aliphatic rings. The Morgan fingerprint density at radius 3 is 0.896 bits per heavy atom. The second kappa shape index (κ2) is 76.4. The molecule has 0 heterocycles. The number of esters is 2. The zero-order valence-electron chi connectivity index (χ0n) is 64.1. The molecule has 2 atom stereocenters. The van der Waals surface area contributed by atoms with E-state index in [1.165, 1.54) is 295 Å². The number of unbranched alkanes of at least 4 members (excludes halogenated alkanes) is 49. The molecule has 10 heteroatoms. The van der Waals surface area contributed by atoms with Gasteiger partial charge in [-0.1, -0.05) is 381 Å². The van der Waals surface area contributed by atoms with E-state index in [0.29, 0.717) is 23.9 Å². The van der Waals surface area contributed by atoms with E-state index in [1.54, 1.807) is 0 Å². The number of carbonyl (C=O) groups is 2. The number of likely N-dealkylation sites (N-methyl/N-ethyl adjacent to an activating group) is 1. The van der Waals surface area contributed by atoms with Crippen LogP contribution in [0.25, 0.3) is 0 Å². The molecule has 9 nitrogen and oxygen atoms in total. The molecular weight excluding hydrogens is 1210 g/mol. The summed E-state index contributed by atoms with van der Waals surface area (Å²) in [5.74, 6) is -0.777. The fourth-order valence-corrected chi connectivity index (χ4v) is 12.9. The summed E-state index contributed by atoms with van der Waals surface area (Å²) in [6, 6.07) is 0. The van der Waals surface area contributed by atoms with Crippen LogP contribution in [0, 0.1) is 0 Å². The van der Waals surface area contributed by atoms with Crippen molar-refractivity contribution in [3.05, 3.63) is 85.1 Å². The van der Waals surface area contributed by atoms with Gasteiger partial charge in [-0.3, -0.25) is 18.6 Å². The van der Waals surface area contributed by atoms with Crippen LogP contribution < -0.4 is 0 Å². The first-order valence-electron chi connectivity index (χ1n) is 41.3. The van der Waals surface area contributed by atoms with Gasteiger partial charge in [-0.2, -0.15) is 0 Å². The summed E-state index contributed by atoms with van der Waals surface area (Å²) >= 11 is 0. The Balaban J connectivity index is 3.92. The van der Waals surface area contributed by atoms with Crippen LogP contribution in [0.3, 0.4) is 0 Å². The molecule has 0 saturated carbocycles. The van der Waals surface area contributed by atoms with E-state index in [0.717, 1.165) is 70.6 Å². The van der Waals surface area contributed by atoms with Crippen LogP contribution in [-0.4, -0.2) is 74.9 Å². The highest BCUT2D eigenvalue weighted by atomic mass is 31.2. The molecule has 560 valence electrons. The van der Waals surface area contributed by atoms with Crippen molar-refractivity contribution in [1.29, 1.82) is 0 Å². The van der Waals surface area contributed by atoms with E-state index in [-0.39, 0.29) is 25.6 Å². The largest absolute Gasteiger partial charge is 0.472 e. The van der Waals surface area contributed by atoms with Gasteiger partial charge < -0.3 is 18.9 Å². The van der Waals surface area contributed by atoms with Crippen molar-refractivity contribution in [3.8, 4) is 0 Å². The zero-order valence-corrected chi connectivity index (χ0v) is 65.0. The summed E-state index contributed by atoms with van der Waals surface area (Å²) in [5, 5.41) is 0. The van der Waals surface area contributed by atoms with E-state index in [4.69, 9.17) is 18.5 Å². The van der Waals surface area contributed by atoms with Crippen molar-refractivity contribution < 1.29 is 42.1 Å². The number of phosphoric acid groups is 1. The minimum absolute atomic E-state index is 0.0325. The average Bonchev–Trinajstić information content (AvgIpc) is 2.72. The lowest BCUT2D eigenvalue weighted by Gasteiger charge is -2.24. The van der Waals surface area contributed by atoms with Crippen molar-refractivity contribution in [1.82, 2.24) is 0 Å². The molecule has 0 bridgehead atoms. The van der Waals surface area contributed by atoms with E-state index >= 15 is 0 Å². The summed E-state index contributed by atoms with van der Waals surface area (Å²) in [6.45, 7) is 4.38. The molecule has 0 aromatic carbocycles. The fraction of sp³-hybridized carbons (Fsp3) is 0.814. The lowest BCUT2D eigenvalue weighted by molar-refractivity contribution is -0.870. The van der Waals surface area contributed by atoms with E-state index in [2.05, 4.69) is 98.9 Å². The second-order valence-corrected chi connectivity index (χ2v) is 30.6. The number of phosphoric ester groups is 1. The molecule has 0 spiro atoms. The van der Waals surface area contributed by atoms with Gasteiger partial charge in [0.2, 0.25) is 0 Å². The summed E-state index contributed by atoms with van der Waals surface area (Å²) in [6.07, 6.45) is 106. The lowest BCUT2D eigenvalue weighted by atomic mass is 10.0. The Labute approximate surface area is 596 Å². The molecule has 96 heavy (non-hydrogen) atoms. The minimum atomic E-state index is -4.40. The van der Waals surface area contributed by atoms with Gasteiger partial charge in [-0.25, -0.2) is 4.57 Å². The fourth-order valence-electron chi connectivity index (χ4n) is 12.1. The van der Waals surface area contributed by atoms with Gasteiger partial charge in [-0.15, -0.1) is 0 Å². The minimum Gasteiger partial charge on any atom is -0.462 e. The molecule has 0 aliphatic carbocycles. The van der Waals surface area contributed by atoms with E-state index < -0.39 is 26.5 Å². The summed E-state index contributed by atoms with van der Waals surface area (Å²) in [5.41, 5.74) is 0. The second-order valence-electron chi connectivity index (χ2n) is 29.1. The number of quaternary nitrogens is 1. The maximum absolute atomic E-state index is 12.9. The van der Waals surface area contributed by atoms with Gasteiger partial charge in [0.25, 0.3) is 0 Å². The molecule has 0 saturated heterocycles. The number of hydrogen-bond acceptors (Lipinski definition) is 7. The molecule has 0 aromatic heterocycles. The number of hydrogen-bond donors (Lipinski definition) is 1. The van der Waals surface area contributed by atoms with Crippen LogP contribution >= 0.6 is 7.82 Å². The Hall–Kier alpha value is -2.81. The predicted octanol–water partition coefficient (Wildman–Crippen LogP) is 27.6. The van der Waals surface area contributed by atoms with Crippen molar-refractivity contribution in [2.24, 2.45) is 0 Å². The lowest BCUT2D eigenvalue weighted by Crippen LogP contribution is -2.37. The topological polar surface area (TPSA) is 108 Å². The Bertz CT molecular complexity index is 1900. The quantitative estimate of drug-likeness (QED) is 0.0211. The first-order chi connectivity index (χ1) is 47.0. The molecule has 1 N–H and O–H groups in total. The monoisotopic (exact) mass is 1370 g/mol. The third-order valence-corrected chi connectivity index (χ3v) is 19.4. The van der Waals surface area contributed by atoms with Gasteiger partial charge in [0.1, 0.15) is 19.8 Å². The smallest absolute Gasteiger partial charge is 0.462 e. The van der Waals surface area contributed by atoms with Crippen LogP contribution in [0.15, 0.2) is 85.1 Å². The number of rotatable bonds is 77. The van der Waals surface area contributed by atoms with Crippen LogP contribution in [0.1, 0.15) is 399 Å². The Morgan fingerprint density at radius 1 is 0.333 bits per heavy atom. The van der Waals surface area contributed by atoms with Gasteiger partial charge in [0.05, 0.1) is 27.7 Å². The molecule has 2 unspecified atom stereocenters. The van der Waals surface area contributed by atoms with Crippen molar-refractivity contribution in [2.45, 2.75) is 405 Å². The molecule has 0 radical (unpaired) electrons. The molecule has 0 aromatic rings. The van der Waals surface area contributed by atoms with Gasteiger partial charge in [0.15, 0.2) is 6.10 Å². The van der Waals surface area contributed by atoms with Crippen LogP contribution in [0.4, 0.5) is 0 Å². The number of carbonyl (C=O) groups excluding carboxylic acids is 2. The van der Waals surface area contributed by atoms with Crippen molar-refractivity contribution >= 4 is 19.8 Å². The first-order valence-corrected chi connectivity index (χ1v) is 42.8. The maximum Gasteiger partial charge on any atom is 0.472 e. The summed E-state index contributed by atoms with van der Waals surface area (Å²) < 4.78 is 34.9. The summed E-state index contributed by atoms with van der Waals surface area (Å²) in [7, 11) is 1.49. The van der Waals surface area contributed by atoms with Gasteiger partial charge in [-0.05, 0) is 89.9 Å². The predicted molar refractivity (Wildman–Crippen MR) is 418 cm³/mol. The SMILES string of the molecule is CC/C=C\C/C=C\C/C=C\C/C=C\C/C=C\C/C=C\CCCCCCCCCCCCCCCCCCCCC(=O)OC(COC(=O)CCCCCCCCCCCCCCCCCCCCCCCCC/C=C\CCCCCCCCCC)COP(=O)(O)OCC[N+](C)(C)C. The number of nitrogens with zero attached hydrogens (tertiary/aromatic N) is 1. The Kier molecular flexibility index (Phi) is 74.1. The molecule has 0 fully saturated rings. The van der Waals surface area contributed by atoms with Crippen LogP contribution in [0.2, 0.25) is 0 Å². The maximum atomic E-state index is 12.9. The van der Waals surface area contributed by atoms with E-state index in [1.807, 2.05) is 21.1 Å². The van der Waals surface area contributed by atoms with Crippen LogP contribution in [0.5, 0.6) is 0 Å². The Morgan fingerprint density at radius 2 is 0.594 bits per heavy atom. The van der Waals surface area contributed by atoms with Crippen molar-refractivity contribution in [3.63, 3.8) is 0 Å². The molecular formula is C86H159NO8P+. The molecule has 0 rings (SSSR count). The highest BCUT2D eigenvalue weighted by Gasteiger charge is 2.27.